The maximum atomic E-state index is 13.0. The molecule has 1 aromatic heterocycles. The minimum atomic E-state index is -1.04. The van der Waals surface area contributed by atoms with E-state index in [2.05, 4.69) is 4.98 Å². The van der Waals surface area contributed by atoms with Gasteiger partial charge in [-0.15, -0.1) is 0 Å². The van der Waals surface area contributed by atoms with Crippen LogP contribution in [0, 0.1) is 0 Å². The Bertz CT molecular complexity index is 1650. The largest absolute Gasteiger partial charge is 0.497 e. The summed E-state index contributed by atoms with van der Waals surface area (Å²) in [6, 6.07) is 27.7. The molecule has 2 saturated heterocycles. The first kappa shape index (κ1) is 30.0. The lowest BCUT2D eigenvalue weighted by atomic mass is 9.80. The van der Waals surface area contributed by atoms with Crippen LogP contribution in [0.5, 0.6) is 5.75 Å². The highest BCUT2D eigenvalue weighted by atomic mass is 16.8. The van der Waals surface area contributed by atoms with Crippen molar-refractivity contribution in [3.63, 3.8) is 0 Å². The second kappa shape index (κ2) is 12.1. The fraction of sp³-hybridized carbons (Fsp3) is 0.353. The molecule has 3 heterocycles. The number of methoxy groups -OCH3 is 1. The van der Waals surface area contributed by atoms with Gasteiger partial charge in [-0.05, 0) is 42.7 Å². The number of nitrogens with zero attached hydrogens (tertiary/aromatic N) is 1. The van der Waals surface area contributed by atoms with Gasteiger partial charge in [-0.3, -0.25) is 14.3 Å². The summed E-state index contributed by atoms with van der Waals surface area (Å²) in [6.45, 7) is 3.45. The van der Waals surface area contributed by atoms with Gasteiger partial charge in [0.05, 0.1) is 13.7 Å². The zero-order chi connectivity index (χ0) is 30.9. The summed E-state index contributed by atoms with van der Waals surface area (Å²) in [5, 5.41) is 9.45. The van der Waals surface area contributed by atoms with Crippen LogP contribution < -0.4 is 16.0 Å². The lowest BCUT2D eigenvalue weighted by molar-refractivity contribution is -0.205. The lowest BCUT2D eigenvalue weighted by Gasteiger charge is -2.37. The van der Waals surface area contributed by atoms with E-state index in [1.165, 1.54) is 10.8 Å². The number of hydrogen-bond donors (Lipinski definition) is 2. The molecule has 0 amide bonds. The van der Waals surface area contributed by atoms with E-state index in [1.807, 2.05) is 98.8 Å². The number of aliphatic hydroxyl groups is 1. The Morgan fingerprint density at radius 3 is 2.07 bits per heavy atom. The number of rotatable bonds is 10. The summed E-state index contributed by atoms with van der Waals surface area (Å²) < 4.78 is 32.8. The fourth-order valence-electron chi connectivity index (χ4n) is 6.16. The molecular weight excluding hydrogens is 564 g/mol. The van der Waals surface area contributed by atoms with E-state index >= 15 is 0 Å². The number of aromatic amines is 1. The molecule has 0 bridgehead atoms. The summed E-state index contributed by atoms with van der Waals surface area (Å²) in [5.41, 5.74) is 0.746. The van der Waals surface area contributed by atoms with Crippen molar-refractivity contribution >= 4 is 0 Å². The van der Waals surface area contributed by atoms with Gasteiger partial charge in [-0.1, -0.05) is 72.8 Å². The van der Waals surface area contributed by atoms with E-state index in [0.717, 1.165) is 22.4 Å². The summed E-state index contributed by atoms with van der Waals surface area (Å²) in [5.74, 6) is -0.222. The molecule has 0 unspecified atom stereocenters. The first-order valence-electron chi connectivity index (χ1n) is 14.6. The molecule has 0 spiro atoms. The predicted octanol–water partition coefficient (Wildman–Crippen LogP) is 3.51. The normalized spacial score (nSPS) is 22.5. The fourth-order valence-corrected chi connectivity index (χ4v) is 6.16. The van der Waals surface area contributed by atoms with Gasteiger partial charge < -0.3 is 28.8 Å². The van der Waals surface area contributed by atoms with Crippen molar-refractivity contribution in [3.8, 4) is 5.75 Å². The van der Waals surface area contributed by atoms with Crippen LogP contribution in [0.3, 0.4) is 0 Å². The molecule has 4 aromatic rings. The Hall–Kier alpha value is -4.06. The Morgan fingerprint density at radius 1 is 0.886 bits per heavy atom. The Balaban J connectivity index is 1.41. The van der Waals surface area contributed by atoms with Crippen molar-refractivity contribution in [2.75, 3.05) is 20.3 Å². The van der Waals surface area contributed by atoms with Gasteiger partial charge in [-0.2, -0.15) is 0 Å². The van der Waals surface area contributed by atoms with Crippen LogP contribution >= 0.6 is 0 Å². The Labute approximate surface area is 254 Å². The average Bonchev–Trinajstić information content (AvgIpc) is 3.53. The van der Waals surface area contributed by atoms with Crippen LogP contribution in [0.15, 0.2) is 101 Å². The van der Waals surface area contributed by atoms with Gasteiger partial charge in [0.15, 0.2) is 12.0 Å². The van der Waals surface area contributed by atoms with Crippen LogP contribution in [0.4, 0.5) is 0 Å². The molecule has 2 aliphatic heterocycles. The molecule has 0 saturated carbocycles. The molecule has 10 nitrogen and oxygen atoms in total. The van der Waals surface area contributed by atoms with Gasteiger partial charge >= 0.3 is 5.69 Å². The standard InChI is InChI=1S/C34H36N2O8/c1-33(2)43-28-27(42-31(29(28)44-33)36-20-22(18-19-37)30(38)35-32(36)39)21-41-34(23-10-6-4-7-11-23,24-12-8-5-9-13-24)25-14-16-26(40-3)17-15-25/h4-17,20,27-29,31,37H,18-19,21H2,1-3H3,(H,35,38,39)/t27-,28-,29-,31-/m1/s1. The molecule has 3 aromatic carbocycles. The molecule has 2 fully saturated rings. The third-order valence-electron chi connectivity index (χ3n) is 8.14. The first-order chi connectivity index (χ1) is 21.3. The highest BCUT2D eigenvalue weighted by Gasteiger charge is 2.57. The third kappa shape index (κ3) is 5.51. The number of benzene rings is 3. The maximum Gasteiger partial charge on any atom is 0.330 e. The molecule has 44 heavy (non-hydrogen) atoms. The van der Waals surface area contributed by atoms with E-state index in [9.17, 15) is 14.7 Å². The first-order valence-corrected chi connectivity index (χ1v) is 14.6. The number of aromatic nitrogens is 2. The molecule has 0 aliphatic carbocycles. The summed E-state index contributed by atoms with van der Waals surface area (Å²) in [7, 11) is 1.63. The predicted molar refractivity (Wildman–Crippen MR) is 162 cm³/mol. The Morgan fingerprint density at radius 2 is 1.48 bits per heavy atom. The van der Waals surface area contributed by atoms with Crippen LogP contribution in [-0.2, 0) is 31.0 Å². The number of nitrogens with one attached hydrogen (secondary N) is 1. The maximum absolute atomic E-state index is 13.0. The molecule has 10 heteroatoms. The molecule has 230 valence electrons. The van der Waals surface area contributed by atoms with Gasteiger partial charge in [0, 0.05) is 24.8 Å². The van der Waals surface area contributed by atoms with E-state index in [1.54, 1.807) is 7.11 Å². The zero-order valence-electron chi connectivity index (χ0n) is 24.8. The summed E-state index contributed by atoms with van der Waals surface area (Å²) in [6.07, 6.45) is -1.27. The molecule has 2 N–H and O–H groups in total. The molecule has 2 aliphatic rings. The van der Waals surface area contributed by atoms with Gasteiger partial charge in [0.25, 0.3) is 5.56 Å². The molecule has 0 radical (unpaired) electrons. The van der Waals surface area contributed by atoms with Crippen molar-refractivity contribution in [2.24, 2.45) is 0 Å². The number of fused-ring (bicyclic) bond motifs is 1. The summed E-state index contributed by atoms with van der Waals surface area (Å²) in [4.78, 5) is 27.7. The van der Waals surface area contributed by atoms with Crippen LogP contribution in [0.1, 0.15) is 42.3 Å². The molecule has 4 atom stereocenters. The van der Waals surface area contributed by atoms with Crippen molar-refractivity contribution in [1.82, 2.24) is 9.55 Å². The van der Waals surface area contributed by atoms with E-state index in [-0.39, 0.29) is 25.2 Å². The van der Waals surface area contributed by atoms with Crippen molar-refractivity contribution in [1.29, 1.82) is 0 Å². The zero-order valence-corrected chi connectivity index (χ0v) is 24.8. The number of ether oxygens (including phenoxy) is 5. The van der Waals surface area contributed by atoms with E-state index in [4.69, 9.17) is 23.7 Å². The van der Waals surface area contributed by atoms with E-state index in [0.29, 0.717) is 0 Å². The average molecular weight is 601 g/mol. The second-order valence-corrected chi connectivity index (χ2v) is 11.4. The topological polar surface area (TPSA) is 121 Å². The SMILES string of the molecule is COc1ccc(C(OC[C@H]2O[C@@H](n3cc(CCO)c(=O)[nH]c3=O)[C@@H]3OC(C)(C)O[C@@H]32)(c2ccccc2)c2ccccc2)cc1. The molecular formula is C34H36N2O8. The van der Waals surface area contributed by atoms with Gasteiger partial charge in [0.1, 0.15) is 29.7 Å². The van der Waals surface area contributed by atoms with Gasteiger partial charge in [0.2, 0.25) is 0 Å². The second-order valence-electron chi connectivity index (χ2n) is 11.4. The van der Waals surface area contributed by atoms with Crippen molar-refractivity contribution in [2.45, 2.75) is 56.2 Å². The lowest BCUT2D eigenvalue weighted by Crippen LogP contribution is -2.39. The van der Waals surface area contributed by atoms with Crippen LogP contribution in [0.25, 0.3) is 0 Å². The van der Waals surface area contributed by atoms with Crippen LogP contribution in [-0.4, -0.2) is 59.1 Å². The number of hydrogen-bond acceptors (Lipinski definition) is 8. The highest BCUT2D eigenvalue weighted by molar-refractivity contribution is 5.48. The monoisotopic (exact) mass is 600 g/mol. The molecule has 6 rings (SSSR count). The highest BCUT2D eigenvalue weighted by Crippen LogP contribution is 2.45. The number of aliphatic hydroxyl groups excluding tert-OH is 1. The quantitative estimate of drug-likeness (QED) is 0.266. The third-order valence-corrected chi connectivity index (χ3v) is 8.14. The number of H-pyrrole nitrogens is 1. The van der Waals surface area contributed by atoms with Gasteiger partial charge in [-0.25, -0.2) is 4.79 Å². The van der Waals surface area contributed by atoms with Crippen molar-refractivity contribution in [3.05, 3.63) is 134 Å². The van der Waals surface area contributed by atoms with Crippen LogP contribution in [0.2, 0.25) is 0 Å². The summed E-state index contributed by atoms with van der Waals surface area (Å²) >= 11 is 0. The minimum Gasteiger partial charge on any atom is -0.497 e. The van der Waals surface area contributed by atoms with E-state index < -0.39 is 47.2 Å². The minimum absolute atomic E-state index is 0.0779. The Kier molecular flexibility index (Phi) is 8.28. The van der Waals surface area contributed by atoms with Crippen molar-refractivity contribution < 1.29 is 28.8 Å². The smallest absolute Gasteiger partial charge is 0.330 e.